The molecule has 1 saturated heterocycles. The molecule has 0 saturated carbocycles. The van der Waals surface area contributed by atoms with Gasteiger partial charge in [0.2, 0.25) is 11.7 Å². The molecule has 0 amide bonds. The quantitative estimate of drug-likeness (QED) is 0.720. The van der Waals surface area contributed by atoms with E-state index in [0.717, 1.165) is 36.1 Å². The number of nitrogens with zero attached hydrogens (tertiary/aromatic N) is 3. The molecule has 2 heterocycles. The highest BCUT2D eigenvalue weighted by Gasteiger charge is 2.27. The highest BCUT2D eigenvalue weighted by Crippen LogP contribution is 2.31. The summed E-state index contributed by atoms with van der Waals surface area (Å²) >= 11 is 0. The molecule has 24 heavy (non-hydrogen) atoms. The van der Waals surface area contributed by atoms with Crippen LogP contribution in [0.2, 0.25) is 0 Å². The van der Waals surface area contributed by atoms with Gasteiger partial charge in [0.25, 0.3) is 0 Å². The molecule has 1 aliphatic heterocycles. The van der Waals surface area contributed by atoms with Gasteiger partial charge in [-0.1, -0.05) is 41.6 Å². The van der Waals surface area contributed by atoms with E-state index in [4.69, 9.17) is 4.52 Å². The average molecular weight is 323 g/mol. The number of rotatable bonds is 3. The minimum Gasteiger partial charge on any atom is -0.337 e. The maximum Gasteiger partial charge on any atom is 0.244 e. The molecule has 0 radical (unpaired) electrons. The average Bonchev–Trinajstić information content (AvgIpc) is 3.24. The molecule has 1 unspecified atom stereocenters. The lowest BCUT2D eigenvalue weighted by Crippen LogP contribution is -2.17. The lowest BCUT2D eigenvalue weighted by atomic mass is 10.0. The Morgan fingerprint density at radius 1 is 1.08 bits per heavy atom. The first kappa shape index (κ1) is 15.0. The van der Waals surface area contributed by atoms with Crippen molar-refractivity contribution in [3.8, 4) is 22.5 Å². The van der Waals surface area contributed by atoms with E-state index >= 15 is 0 Å². The predicted molar refractivity (Wildman–Crippen MR) is 89.7 cm³/mol. The van der Waals surface area contributed by atoms with Gasteiger partial charge in [0.15, 0.2) is 0 Å². The van der Waals surface area contributed by atoms with E-state index < -0.39 is 0 Å². The smallest absolute Gasteiger partial charge is 0.244 e. The minimum absolute atomic E-state index is 0.220. The Bertz CT molecular complexity index is 844. The van der Waals surface area contributed by atoms with Crippen molar-refractivity contribution in [1.82, 2.24) is 15.0 Å². The van der Waals surface area contributed by atoms with Crippen LogP contribution in [0.3, 0.4) is 0 Å². The van der Waals surface area contributed by atoms with E-state index in [1.807, 2.05) is 30.3 Å². The van der Waals surface area contributed by atoms with Crippen molar-refractivity contribution < 1.29 is 8.91 Å². The van der Waals surface area contributed by atoms with Gasteiger partial charge in [0.1, 0.15) is 5.82 Å². The van der Waals surface area contributed by atoms with Crippen LogP contribution in [-0.4, -0.2) is 28.6 Å². The molecule has 1 fully saturated rings. The van der Waals surface area contributed by atoms with Crippen molar-refractivity contribution in [2.24, 2.45) is 0 Å². The van der Waals surface area contributed by atoms with Crippen molar-refractivity contribution in [3.63, 3.8) is 0 Å². The maximum absolute atomic E-state index is 13.3. The second-order valence-corrected chi connectivity index (χ2v) is 6.18. The Balaban J connectivity index is 1.58. The summed E-state index contributed by atoms with van der Waals surface area (Å²) < 4.78 is 18.8. The van der Waals surface area contributed by atoms with Gasteiger partial charge in [-0.3, -0.25) is 4.90 Å². The van der Waals surface area contributed by atoms with Gasteiger partial charge in [-0.05, 0) is 49.7 Å². The normalized spacial score (nSPS) is 18.2. The van der Waals surface area contributed by atoms with E-state index in [9.17, 15) is 4.39 Å². The number of benzene rings is 2. The third-order valence-corrected chi connectivity index (χ3v) is 4.55. The first-order valence-electron chi connectivity index (χ1n) is 8.11. The molecule has 0 N–H and O–H groups in total. The van der Waals surface area contributed by atoms with Crippen LogP contribution in [0.5, 0.6) is 0 Å². The molecule has 4 nitrogen and oxygen atoms in total. The summed E-state index contributed by atoms with van der Waals surface area (Å²) in [6.45, 7) is 1.06. The molecule has 5 heteroatoms. The van der Waals surface area contributed by atoms with Gasteiger partial charge >= 0.3 is 0 Å². The summed E-state index contributed by atoms with van der Waals surface area (Å²) in [4.78, 5) is 6.79. The largest absolute Gasteiger partial charge is 0.337 e. The Labute approximate surface area is 139 Å². The Morgan fingerprint density at radius 2 is 1.88 bits per heavy atom. The van der Waals surface area contributed by atoms with Gasteiger partial charge in [0, 0.05) is 5.56 Å². The van der Waals surface area contributed by atoms with Gasteiger partial charge in [-0.2, -0.15) is 4.98 Å². The van der Waals surface area contributed by atoms with Crippen LogP contribution in [-0.2, 0) is 0 Å². The summed E-state index contributed by atoms with van der Waals surface area (Å²) in [5.41, 5.74) is 2.70. The maximum atomic E-state index is 13.3. The SMILES string of the molecule is CN1CCCC1c1nc(-c2ccc(-c3cccc(F)c3)cc2)no1. The van der Waals surface area contributed by atoms with Crippen molar-refractivity contribution in [3.05, 3.63) is 60.2 Å². The molecule has 0 bridgehead atoms. The Kier molecular flexibility index (Phi) is 3.86. The van der Waals surface area contributed by atoms with E-state index in [1.165, 1.54) is 12.1 Å². The van der Waals surface area contributed by atoms with Crippen LogP contribution >= 0.6 is 0 Å². The third-order valence-electron chi connectivity index (χ3n) is 4.55. The van der Waals surface area contributed by atoms with Crippen LogP contribution in [0.4, 0.5) is 4.39 Å². The number of hydrogen-bond donors (Lipinski definition) is 0. The minimum atomic E-state index is -0.236. The van der Waals surface area contributed by atoms with Crippen molar-refractivity contribution in [2.45, 2.75) is 18.9 Å². The van der Waals surface area contributed by atoms with Gasteiger partial charge in [-0.15, -0.1) is 0 Å². The number of aromatic nitrogens is 2. The second-order valence-electron chi connectivity index (χ2n) is 6.18. The fourth-order valence-electron chi connectivity index (χ4n) is 3.19. The van der Waals surface area contributed by atoms with Gasteiger partial charge < -0.3 is 4.52 Å². The summed E-state index contributed by atoms with van der Waals surface area (Å²) in [5, 5.41) is 4.11. The number of halogens is 1. The van der Waals surface area contributed by atoms with E-state index in [1.54, 1.807) is 6.07 Å². The van der Waals surface area contributed by atoms with Crippen LogP contribution in [0.15, 0.2) is 53.1 Å². The van der Waals surface area contributed by atoms with Crippen LogP contribution < -0.4 is 0 Å². The molecule has 0 spiro atoms. The lowest BCUT2D eigenvalue weighted by molar-refractivity contribution is 0.245. The number of likely N-dealkylation sites (tertiary alicyclic amines) is 1. The molecule has 1 aliphatic rings. The summed E-state index contributed by atoms with van der Waals surface area (Å²) in [5.74, 6) is 1.04. The molecule has 1 atom stereocenters. The highest BCUT2D eigenvalue weighted by molar-refractivity contribution is 5.67. The zero-order valence-corrected chi connectivity index (χ0v) is 13.4. The van der Waals surface area contributed by atoms with Crippen molar-refractivity contribution in [1.29, 1.82) is 0 Å². The topological polar surface area (TPSA) is 42.2 Å². The third kappa shape index (κ3) is 2.83. The first-order valence-corrected chi connectivity index (χ1v) is 8.11. The van der Waals surface area contributed by atoms with Crippen molar-refractivity contribution in [2.75, 3.05) is 13.6 Å². The van der Waals surface area contributed by atoms with Gasteiger partial charge in [-0.25, -0.2) is 4.39 Å². The first-order chi connectivity index (χ1) is 11.7. The van der Waals surface area contributed by atoms with Crippen LogP contribution in [0.1, 0.15) is 24.8 Å². The molecule has 1 aromatic heterocycles. The van der Waals surface area contributed by atoms with Crippen LogP contribution in [0, 0.1) is 5.82 Å². The fourth-order valence-corrected chi connectivity index (χ4v) is 3.19. The Morgan fingerprint density at radius 3 is 2.58 bits per heavy atom. The summed E-state index contributed by atoms with van der Waals surface area (Å²) in [7, 11) is 2.08. The molecule has 0 aliphatic carbocycles. The summed E-state index contributed by atoms with van der Waals surface area (Å²) in [6, 6.07) is 14.6. The highest BCUT2D eigenvalue weighted by atomic mass is 19.1. The summed E-state index contributed by atoms with van der Waals surface area (Å²) in [6.07, 6.45) is 2.21. The zero-order valence-electron chi connectivity index (χ0n) is 13.4. The fraction of sp³-hybridized carbons (Fsp3) is 0.263. The number of hydrogen-bond acceptors (Lipinski definition) is 4. The van der Waals surface area contributed by atoms with E-state index in [-0.39, 0.29) is 11.9 Å². The molecule has 3 aromatic rings. The van der Waals surface area contributed by atoms with E-state index in [2.05, 4.69) is 22.1 Å². The van der Waals surface area contributed by atoms with Crippen molar-refractivity contribution >= 4 is 0 Å². The molecule has 122 valence electrons. The monoisotopic (exact) mass is 323 g/mol. The zero-order chi connectivity index (χ0) is 16.5. The Hall–Kier alpha value is -2.53. The lowest BCUT2D eigenvalue weighted by Gasteiger charge is -2.14. The molecule has 2 aromatic carbocycles. The standard InChI is InChI=1S/C19H18FN3O/c1-23-11-3-6-17(23)19-21-18(22-24-19)14-9-7-13(8-10-14)15-4-2-5-16(20)12-15/h2,4-5,7-10,12,17H,3,6,11H2,1H3. The molecular formula is C19H18FN3O. The molecule has 4 rings (SSSR count). The molecular weight excluding hydrogens is 305 g/mol. The predicted octanol–water partition coefficient (Wildman–Crippen LogP) is 4.31. The van der Waals surface area contributed by atoms with Gasteiger partial charge in [0.05, 0.1) is 6.04 Å². The van der Waals surface area contributed by atoms with Crippen LogP contribution in [0.25, 0.3) is 22.5 Å². The second kappa shape index (κ2) is 6.17. The van der Waals surface area contributed by atoms with E-state index in [0.29, 0.717) is 11.7 Å².